The molecule has 0 spiro atoms. The van der Waals surface area contributed by atoms with Crippen LogP contribution in [-0.4, -0.2) is 34.2 Å². The van der Waals surface area contributed by atoms with Gasteiger partial charge in [-0.25, -0.2) is 0 Å². The predicted molar refractivity (Wildman–Crippen MR) is 127 cm³/mol. The van der Waals surface area contributed by atoms with E-state index >= 15 is 0 Å². The molecule has 0 aromatic heterocycles. The number of imide groups is 1. The lowest BCUT2D eigenvalue weighted by Gasteiger charge is -2.16. The average Bonchev–Trinajstić information content (AvgIpc) is 3.04. The second-order valence-electron chi connectivity index (χ2n) is 7.06. The van der Waals surface area contributed by atoms with Gasteiger partial charge in [0, 0.05) is 17.7 Å². The SMILES string of the molecule is C=CCc1cc(/C=C2/SC(=O)N(Cc3ccc([N+](=O)[O-])cc3)C2=O)cc(OCC)c1OCC. The quantitative estimate of drug-likeness (QED) is 0.200. The fourth-order valence-corrected chi connectivity index (χ4v) is 4.18. The van der Waals surface area contributed by atoms with Crippen LogP contribution in [0.3, 0.4) is 0 Å². The van der Waals surface area contributed by atoms with E-state index in [9.17, 15) is 19.7 Å². The molecule has 0 N–H and O–H groups in total. The van der Waals surface area contributed by atoms with Gasteiger partial charge in [0.2, 0.25) is 0 Å². The molecule has 0 saturated carbocycles. The lowest BCUT2D eigenvalue weighted by molar-refractivity contribution is -0.384. The molecule has 9 heteroatoms. The second-order valence-corrected chi connectivity index (χ2v) is 8.05. The van der Waals surface area contributed by atoms with Crippen LogP contribution in [0.1, 0.15) is 30.5 Å². The number of nitrogens with zero attached hydrogens (tertiary/aromatic N) is 2. The standard InChI is InChI=1S/C24H24N2O6S/c1-4-7-18-12-17(13-20(31-5-2)22(18)32-6-3)14-21-23(27)25(24(28)33-21)15-16-8-10-19(11-9-16)26(29)30/h4,8-14H,1,5-7,15H2,2-3H3/b21-14+. The molecule has 33 heavy (non-hydrogen) atoms. The van der Waals surface area contributed by atoms with Gasteiger partial charge < -0.3 is 9.47 Å². The molecule has 1 fully saturated rings. The molecule has 0 radical (unpaired) electrons. The van der Waals surface area contributed by atoms with Crippen LogP contribution >= 0.6 is 11.8 Å². The summed E-state index contributed by atoms with van der Waals surface area (Å²) in [5.74, 6) is 0.790. The van der Waals surface area contributed by atoms with Crippen LogP contribution in [0.15, 0.2) is 54.0 Å². The normalized spacial score (nSPS) is 14.6. The van der Waals surface area contributed by atoms with E-state index in [1.807, 2.05) is 19.9 Å². The van der Waals surface area contributed by atoms with E-state index in [0.29, 0.717) is 42.3 Å². The number of ether oxygens (including phenoxy) is 2. The van der Waals surface area contributed by atoms with E-state index in [-0.39, 0.29) is 17.1 Å². The first-order chi connectivity index (χ1) is 15.9. The van der Waals surface area contributed by atoms with Crippen LogP contribution in [0.5, 0.6) is 11.5 Å². The third-order valence-electron chi connectivity index (χ3n) is 4.77. The molecule has 1 aliphatic rings. The number of nitro groups is 1. The molecule has 2 aromatic rings. The van der Waals surface area contributed by atoms with E-state index in [2.05, 4.69) is 6.58 Å². The summed E-state index contributed by atoms with van der Waals surface area (Å²) in [7, 11) is 0. The summed E-state index contributed by atoms with van der Waals surface area (Å²) < 4.78 is 11.5. The summed E-state index contributed by atoms with van der Waals surface area (Å²) >= 11 is 0.855. The van der Waals surface area contributed by atoms with Crippen molar-refractivity contribution in [2.45, 2.75) is 26.8 Å². The zero-order chi connectivity index (χ0) is 24.0. The monoisotopic (exact) mass is 468 g/mol. The highest BCUT2D eigenvalue weighted by molar-refractivity contribution is 8.18. The number of amides is 2. The highest BCUT2D eigenvalue weighted by Crippen LogP contribution is 2.37. The fraction of sp³-hybridized carbons (Fsp3) is 0.250. The van der Waals surface area contributed by atoms with E-state index in [1.54, 1.807) is 18.2 Å². The maximum atomic E-state index is 12.9. The van der Waals surface area contributed by atoms with E-state index < -0.39 is 16.1 Å². The Labute approximate surface area is 196 Å². The number of allylic oxidation sites excluding steroid dienone is 1. The van der Waals surface area contributed by atoms with E-state index in [4.69, 9.17) is 9.47 Å². The van der Waals surface area contributed by atoms with E-state index in [1.165, 1.54) is 24.3 Å². The van der Waals surface area contributed by atoms with Gasteiger partial charge >= 0.3 is 0 Å². The number of benzene rings is 2. The van der Waals surface area contributed by atoms with Gasteiger partial charge in [-0.2, -0.15) is 0 Å². The summed E-state index contributed by atoms with van der Waals surface area (Å²) in [6, 6.07) is 9.44. The Morgan fingerprint density at radius 2 is 1.82 bits per heavy atom. The first-order valence-electron chi connectivity index (χ1n) is 10.4. The summed E-state index contributed by atoms with van der Waals surface area (Å²) in [4.78, 5) is 37.2. The van der Waals surface area contributed by atoms with Crippen LogP contribution in [-0.2, 0) is 17.8 Å². The number of carbonyl (C=O) groups is 2. The highest BCUT2D eigenvalue weighted by atomic mass is 32.2. The van der Waals surface area contributed by atoms with Gasteiger partial charge in [0.25, 0.3) is 16.8 Å². The number of nitro benzene ring substituents is 1. The van der Waals surface area contributed by atoms with Crippen molar-refractivity contribution >= 4 is 34.7 Å². The Bertz CT molecular complexity index is 1110. The van der Waals surface area contributed by atoms with Crippen LogP contribution in [0, 0.1) is 10.1 Å². The molecular weight excluding hydrogens is 444 g/mol. The molecule has 0 unspecified atom stereocenters. The number of non-ortho nitro benzene ring substituents is 1. The van der Waals surface area contributed by atoms with Gasteiger partial charge in [0.15, 0.2) is 11.5 Å². The molecule has 0 bridgehead atoms. The zero-order valence-corrected chi connectivity index (χ0v) is 19.2. The molecule has 1 aliphatic heterocycles. The first kappa shape index (κ1) is 24.1. The van der Waals surface area contributed by atoms with Crippen molar-refractivity contribution in [3.8, 4) is 11.5 Å². The average molecular weight is 469 g/mol. The Kier molecular flexibility index (Phi) is 7.89. The van der Waals surface area contributed by atoms with Crippen molar-refractivity contribution in [1.29, 1.82) is 0 Å². The maximum absolute atomic E-state index is 12.9. The van der Waals surface area contributed by atoms with Crippen molar-refractivity contribution in [2.75, 3.05) is 13.2 Å². The van der Waals surface area contributed by atoms with E-state index in [0.717, 1.165) is 22.2 Å². The molecule has 2 amide bonds. The van der Waals surface area contributed by atoms with Gasteiger partial charge in [-0.3, -0.25) is 24.6 Å². The van der Waals surface area contributed by atoms with Gasteiger partial charge in [-0.15, -0.1) is 6.58 Å². The van der Waals surface area contributed by atoms with Gasteiger partial charge in [0.1, 0.15) is 0 Å². The summed E-state index contributed by atoms with van der Waals surface area (Å²) in [6.07, 6.45) is 3.97. The van der Waals surface area contributed by atoms with Gasteiger partial charge in [-0.1, -0.05) is 18.2 Å². The molecule has 1 heterocycles. The minimum absolute atomic E-state index is 0.0369. The summed E-state index contributed by atoms with van der Waals surface area (Å²) in [6.45, 7) is 8.52. The van der Waals surface area contributed by atoms with Gasteiger partial charge in [0.05, 0.1) is 29.6 Å². The van der Waals surface area contributed by atoms with Crippen LogP contribution < -0.4 is 9.47 Å². The number of hydrogen-bond acceptors (Lipinski definition) is 7. The van der Waals surface area contributed by atoms with Crippen LogP contribution in [0.4, 0.5) is 10.5 Å². The van der Waals surface area contributed by atoms with Crippen LogP contribution in [0.2, 0.25) is 0 Å². The third kappa shape index (κ3) is 5.61. The molecule has 0 aliphatic carbocycles. The summed E-state index contributed by atoms with van der Waals surface area (Å²) in [5, 5.41) is 10.4. The molecule has 8 nitrogen and oxygen atoms in total. The Morgan fingerprint density at radius 3 is 2.42 bits per heavy atom. The molecular formula is C24H24N2O6S. The molecule has 172 valence electrons. The lowest BCUT2D eigenvalue weighted by Crippen LogP contribution is -2.27. The van der Waals surface area contributed by atoms with Crippen LogP contribution in [0.25, 0.3) is 6.08 Å². The van der Waals surface area contributed by atoms with Crippen molar-refractivity contribution in [1.82, 2.24) is 4.90 Å². The Morgan fingerprint density at radius 1 is 1.12 bits per heavy atom. The topological polar surface area (TPSA) is 99.0 Å². The Hall–Kier alpha value is -3.59. The summed E-state index contributed by atoms with van der Waals surface area (Å²) in [5.41, 5.74) is 2.15. The number of thioether (sulfide) groups is 1. The molecule has 1 saturated heterocycles. The maximum Gasteiger partial charge on any atom is 0.293 e. The smallest absolute Gasteiger partial charge is 0.293 e. The highest BCUT2D eigenvalue weighted by Gasteiger charge is 2.35. The fourth-order valence-electron chi connectivity index (χ4n) is 3.34. The first-order valence-corrected chi connectivity index (χ1v) is 11.2. The molecule has 2 aromatic carbocycles. The van der Waals surface area contributed by atoms with Gasteiger partial charge in [-0.05, 0) is 61.4 Å². The number of carbonyl (C=O) groups excluding carboxylic acids is 2. The zero-order valence-electron chi connectivity index (χ0n) is 18.4. The van der Waals surface area contributed by atoms with Crippen molar-refractivity contribution < 1.29 is 24.0 Å². The number of rotatable bonds is 10. The van der Waals surface area contributed by atoms with Crippen molar-refractivity contribution in [2.24, 2.45) is 0 Å². The number of hydrogen-bond donors (Lipinski definition) is 0. The van der Waals surface area contributed by atoms with Crippen molar-refractivity contribution in [3.05, 3.63) is 80.8 Å². The third-order valence-corrected chi connectivity index (χ3v) is 5.67. The minimum Gasteiger partial charge on any atom is -0.490 e. The second kappa shape index (κ2) is 10.8. The predicted octanol–water partition coefficient (Wildman–Crippen LogP) is 5.36. The van der Waals surface area contributed by atoms with Crippen molar-refractivity contribution in [3.63, 3.8) is 0 Å². The minimum atomic E-state index is -0.499. The largest absolute Gasteiger partial charge is 0.490 e. The molecule has 0 atom stereocenters. The lowest BCUT2D eigenvalue weighted by atomic mass is 10.0. The Balaban J connectivity index is 1.88. The molecule has 3 rings (SSSR count).